The number of nitrogens with one attached hydrogen (secondary N) is 2. The zero-order valence-corrected chi connectivity index (χ0v) is 15.8. The van der Waals surface area contributed by atoms with Gasteiger partial charge in [0, 0.05) is 17.3 Å². The number of aryl methyl sites for hydroxylation is 1. The minimum Gasteiger partial charge on any atom is -0.480 e. The van der Waals surface area contributed by atoms with Gasteiger partial charge in [0.25, 0.3) is 0 Å². The van der Waals surface area contributed by atoms with Gasteiger partial charge in [0.2, 0.25) is 5.88 Å². The molecule has 0 bridgehead atoms. The van der Waals surface area contributed by atoms with Crippen LogP contribution in [-0.4, -0.2) is 27.7 Å². The number of benzene rings is 2. The molecule has 2 aromatic carbocycles. The number of halogens is 1. The second-order valence-electron chi connectivity index (χ2n) is 6.39. The maximum atomic E-state index is 14.3. The number of urea groups is 1. The molecule has 0 spiro atoms. The van der Waals surface area contributed by atoms with Crippen molar-refractivity contribution in [3.8, 4) is 17.1 Å². The first-order valence-corrected chi connectivity index (χ1v) is 8.87. The van der Waals surface area contributed by atoms with E-state index in [1.807, 2.05) is 25.1 Å². The maximum absolute atomic E-state index is 14.3. The quantitative estimate of drug-likeness (QED) is 0.537. The van der Waals surface area contributed by atoms with E-state index in [0.717, 1.165) is 5.56 Å². The van der Waals surface area contributed by atoms with Crippen molar-refractivity contribution in [3.63, 3.8) is 0 Å². The maximum Gasteiger partial charge on any atom is 0.323 e. The number of anilines is 2. The smallest absolute Gasteiger partial charge is 0.323 e. The van der Waals surface area contributed by atoms with Gasteiger partial charge in [-0.25, -0.2) is 18.7 Å². The van der Waals surface area contributed by atoms with Gasteiger partial charge in [-0.2, -0.15) is 0 Å². The number of nitrogens with zero attached hydrogens (tertiary/aromatic N) is 3. The van der Waals surface area contributed by atoms with Crippen LogP contribution in [0.2, 0.25) is 0 Å². The Morgan fingerprint density at radius 1 is 1.07 bits per heavy atom. The number of para-hydroxylation sites is 1. The number of aromatic nitrogens is 3. The molecule has 0 saturated carbocycles. The summed E-state index contributed by atoms with van der Waals surface area (Å²) in [7, 11) is 1.53. The Morgan fingerprint density at radius 2 is 1.86 bits per heavy atom. The molecule has 2 aromatic heterocycles. The Kier molecular flexibility index (Phi) is 4.82. The third-order valence-corrected chi connectivity index (χ3v) is 4.41. The number of hydrogen-bond donors (Lipinski definition) is 2. The summed E-state index contributed by atoms with van der Waals surface area (Å²) in [6.45, 7) is 1.88. The monoisotopic (exact) mass is 391 g/mol. The molecule has 2 amide bonds. The van der Waals surface area contributed by atoms with Crippen molar-refractivity contribution in [3.05, 3.63) is 72.2 Å². The van der Waals surface area contributed by atoms with Crippen LogP contribution in [0, 0.1) is 12.7 Å². The molecule has 0 aliphatic rings. The van der Waals surface area contributed by atoms with Gasteiger partial charge in [-0.1, -0.05) is 18.2 Å². The topological polar surface area (TPSA) is 80.5 Å². The average Bonchev–Trinajstić information content (AvgIpc) is 3.14. The second kappa shape index (κ2) is 7.59. The molecule has 0 aliphatic heterocycles. The summed E-state index contributed by atoms with van der Waals surface area (Å²) >= 11 is 0. The van der Waals surface area contributed by atoms with Crippen LogP contribution in [-0.2, 0) is 0 Å². The largest absolute Gasteiger partial charge is 0.480 e. The van der Waals surface area contributed by atoms with E-state index in [1.54, 1.807) is 35.0 Å². The fraction of sp³-hybridized carbons (Fsp3) is 0.0952. The lowest BCUT2D eigenvalue weighted by Gasteiger charge is -2.11. The predicted octanol–water partition coefficient (Wildman–Crippen LogP) is 4.50. The number of hydrogen-bond acceptors (Lipinski definition) is 4. The Morgan fingerprint density at radius 3 is 2.66 bits per heavy atom. The van der Waals surface area contributed by atoms with Crippen LogP contribution in [0.3, 0.4) is 0 Å². The lowest BCUT2D eigenvalue weighted by molar-refractivity contribution is 0.262. The summed E-state index contributed by atoms with van der Waals surface area (Å²) in [5.74, 6) is -0.0898. The van der Waals surface area contributed by atoms with Crippen LogP contribution < -0.4 is 15.4 Å². The number of carbonyl (C=O) groups is 1. The highest BCUT2D eigenvalue weighted by Crippen LogP contribution is 2.25. The molecule has 2 heterocycles. The molecular formula is C21H18FN5O2. The third-order valence-electron chi connectivity index (χ3n) is 4.41. The molecule has 0 saturated heterocycles. The number of amides is 2. The molecule has 2 N–H and O–H groups in total. The van der Waals surface area contributed by atoms with Crippen molar-refractivity contribution < 1.29 is 13.9 Å². The summed E-state index contributed by atoms with van der Waals surface area (Å²) in [6.07, 6.45) is 1.71. The van der Waals surface area contributed by atoms with Crippen LogP contribution in [0.15, 0.2) is 60.8 Å². The zero-order valence-electron chi connectivity index (χ0n) is 15.8. The molecule has 0 atom stereocenters. The minimum absolute atomic E-state index is 0.0520. The van der Waals surface area contributed by atoms with E-state index in [4.69, 9.17) is 4.74 Å². The van der Waals surface area contributed by atoms with Crippen molar-refractivity contribution in [2.45, 2.75) is 6.92 Å². The fourth-order valence-electron chi connectivity index (χ4n) is 2.88. The van der Waals surface area contributed by atoms with Gasteiger partial charge in [-0.3, -0.25) is 0 Å². The molecule has 0 unspecified atom stereocenters. The zero-order chi connectivity index (χ0) is 20.4. The van der Waals surface area contributed by atoms with Gasteiger partial charge in [0.15, 0.2) is 5.65 Å². The number of rotatable bonds is 4. The molecule has 8 heteroatoms. The second-order valence-corrected chi connectivity index (χ2v) is 6.39. The van der Waals surface area contributed by atoms with Crippen molar-refractivity contribution in [2.24, 2.45) is 0 Å². The molecule has 4 aromatic rings. The first kappa shape index (κ1) is 18.4. The molecule has 0 aliphatic carbocycles. The van der Waals surface area contributed by atoms with Crippen LogP contribution in [0.1, 0.15) is 5.56 Å². The standard InChI is InChI=1S/C21H18FN5O2/c1-13-5-3-4-6-16(13)24-21(28)25-17-11-14(7-8-15(17)22)18-12-27-19(23-18)9-10-20(26-27)29-2/h3-12H,1-2H3,(H2,24,25,28). The van der Waals surface area contributed by atoms with Gasteiger partial charge >= 0.3 is 6.03 Å². The van der Waals surface area contributed by atoms with Gasteiger partial charge in [0.05, 0.1) is 24.7 Å². The summed E-state index contributed by atoms with van der Waals surface area (Å²) in [4.78, 5) is 16.8. The Labute approximate surface area is 166 Å². The summed E-state index contributed by atoms with van der Waals surface area (Å²) in [5.41, 5.74) is 3.47. The number of carbonyl (C=O) groups excluding carboxylic acids is 1. The van der Waals surface area contributed by atoms with Crippen LogP contribution in [0.25, 0.3) is 16.9 Å². The lowest BCUT2D eigenvalue weighted by Crippen LogP contribution is -2.20. The summed E-state index contributed by atoms with van der Waals surface area (Å²) in [5, 5.41) is 9.53. The highest BCUT2D eigenvalue weighted by molar-refractivity contribution is 6.00. The van der Waals surface area contributed by atoms with Gasteiger partial charge in [-0.15, -0.1) is 5.10 Å². The SMILES string of the molecule is COc1ccc2nc(-c3ccc(F)c(NC(=O)Nc4ccccc4C)c3)cn2n1. The number of methoxy groups -OCH3 is 1. The van der Waals surface area contributed by atoms with E-state index in [9.17, 15) is 9.18 Å². The van der Waals surface area contributed by atoms with E-state index in [0.29, 0.717) is 28.5 Å². The van der Waals surface area contributed by atoms with Crippen molar-refractivity contribution in [1.82, 2.24) is 14.6 Å². The Bertz CT molecular complexity index is 1200. The minimum atomic E-state index is -0.544. The molecule has 146 valence electrons. The Hall–Kier alpha value is -3.94. The number of ether oxygens (including phenoxy) is 1. The first-order valence-electron chi connectivity index (χ1n) is 8.87. The summed E-state index contributed by atoms with van der Waals surface area (Å²) < 4.78 is 21.0. The summed E-state index contributed by atoms with van der Waals surface area (Å²) in [6, 6.07) is 14.7. The molecule has 7 nitrogen and oxygen atoms in total. The molecule has 0 radical (unpaired) electrons. The van der Waals surface area contributed by atoms with Gasteiger partial charge < -0.3 is 15.4 Å². The number of fused-ring (bicyclic) bond motifs is 1. The fourth-order valence-corrected chi connectivity index (χ4v) is 2.88. The van der Waals surface area contributed by atoms with Crippen LogP contribution in [0.4, 0.5) is 20.6 Å². The van der Waals surface area contributed by atoms with Gasteiger partial charge in [-0.05, 0) is 42.8 Å². The van der Waals surface area contributed by atoms with E-state index in [-0.39, 0.29) is 5.69 Å². The Balaban J connectivity index is 1.59. The molecule has 29 heavy (non-hydrogen) atoms. The van der Waals surface area contributed by atoms with Crippen LogP contribution in [0.5, 0.6) is 5.88 Å². The first-order chi connectivity index (χ1) is 14.0. The average molecular weight is 391 g/mol. The van der Waals surface area contributed by atoms with Crippen molar-refractivity contribution >= 4 is 23.1 Å². The van der Waals surface area contributed by atoms with E-state index < -0.39 is 11.8 Å². The highest BCUT2D eigenvalue weighted by Gasteiger charge is 2.12. The van der Waals surface area contributed by atoms with E-state index >= 15 is 0 Å². The van der Waals surface area contributed by atoms with Gasteiger partial charge in [0.1, 0.15) is 5.82 Å². The lowest BCUT2D eigenvalue weighted by atomic mass is 10.1. The predicted molar refractivity (Wildman–Crippen MR) is 109 cm³/mol. The number of imidazole rings is 1. The molecular weight excluding hydrogens is 373 g/mol. The van der Waals surface area contributed by atoms with E-state index in [2.05, 4.69) is 20.7 Å². The van der Waals surface area contributed by atoms with E-state index in [1.165, 1.54) is 19.2 Å². The van der Waals surface area contributed by atoms with Crippen molar-refractivity contribution in [2.75, 3.05) is 17.7 Å². The highest BCUT2D eigenvalue weighted by atomic mass is 19.1. The van der Waals surface area contributed by atoms with Crippen molar-refractivity contribution in [1.29, 1.82) is 0 Å². The normalized spacial score (nSPS) is 10.7. The van der Waals surface area contributed by atoms with Crippen LogP contribution >= 0.6 is 0 Å². The third kappa shape index (κ3) is 3.86. The molecule has 4 rings (SSSR count). The molecule has 0 fully saturated rings.